The van der Waals surface area contributed by atoms with Crippen LogP contribution in [0.2, 0.25) is 0 Å². The van der Waals surface area contributed by atoms with Crippen molar-refractivity contribution in [1.29, 1.82) is 0 Å². The zero-order valence-corrected chi connectivity index (χ0v) is 10.9. The van der Waals surface area contributed by atoms with Crippen LogP contribution in [-0.4, -0.2) is 16.1 Å². The van der Waals surface area contributed by atoms with Gasteiger partial charge < -0.3 is 9.52 Å². The first-order valence-electron chi connectivity index (χ1n) is 6.05. The zero-order valence-electron chi connectivity index (χ0n) is 10.9. The fourth-order valence-corrected chi connectivity index (χ4v) is 2.05. The number of halogens is 2. The molecular formula is C15H9F2NO3. The number of hydrogen-bond donors (Lipinski definition) is 1. The topological polar surface area (TPSA) is 63.3 Å². The molecular weight excluding hydrogens is 280 g/mol. The smallest absolute Gasteiger partial charge is 0.336 e. The number of rotatable bonds is 2. The summed E-state index contributed by atoms with van der Waals surface area (Å²) in [5.74, 6) is -3.84. The third-order valence-electron chi connectivity index (χ3n) is 3.06. The monoisotopic (exact) mass is 289 g/mol. The molecule has 0 amide bonds. The second-order valence-electron chi connectivity index (χ2n) is 4.61. The normalized spacial score (nSPS) is 11.0. The summed E-state index contributed by atoms with van der Waals surface area (Å²) in [7, 11) is 0. The molecule has 0 radical (unpaired) electrons. The molecule has 1 aromatic heterocycles. The molecule has 106 valence electrons. The molecule has 6 heteroatoms. The Morgan fingerprint density at radius 3 is 2.62 bits per heavy atom. The van der Waals surface area contributed by atoms with E-state index in [1.165, 1.54) is 0 Å². The van der Waals surface area contributed by atoms with Gasteiger partial charge in [-0.25, -0.2) is 18.6 Å². The van der Waals surface area contributed by atoms with Crippen molar-refractivity contribution in [2.45, 2.75) is 6.92 Å². The molecule has 21 heavy (non-hydrogen) atoms. The maximum absolute atomic E-state index is 13.4. The summed E-state index contributed by atoms with van der Waals surface area (Å²) in [6.07, 6.45) is 0. The third-order valence-corrected chi connectivity index (χ3v) is 3.06. The molecule has 1 heterocycles. The van der Waals surface area contributed by atoms with Crippen molar-refractivity contribution in [3.05, 3.63) is 53.1 Å². The number of oxazole rings is 1. The van der Waals surface area contributed by atoms with Crippen LogP contribution in [0.1, 0.15) is 15.9 Å². The molecule has 3 aromatic rings. The predicted octanol–water partition coefficient (Wildman–Crippen LogP) is 3.78. The van der Waals surface area contributed by atoms with Gasteiger partial charge in [0.05, 0.1) is 11.1 Å². The number of carboxylic acid groups (broad SMARTS) is 1. The minimum Gasteiger partial charge on any atom is -0.478 e. The summed E-state index contributed by atoms with van der Waals surface area (Å²) in [6.45, 7) is 1.87. The number of hydrogen-bond acceptors (Lipinski definition) is 3. The number of aromatic nitrogens is 1. The number of benzene rings is 2. The lowest BCUT2D eigenvalue weighted by Crippen LogP contribution is -2.02. The van der Waals surface area contributed by atoms with Crippen molar-refractivity contribution in [3.63, 3.8) is 0 Å². The quantitative estimate of drug-likeness (QED) is 0.779. The number of carbonyl (C=O) groups is 1. The SMILES string of the molecule is Cc1ccc2oc(-c3cc(F)c(F)cc3C(=O)O)nc2c1. The molecule has 2 aromatic carbocycles. The van der Waals surface area contributed by atoms with E-state index in [2.05, 4.69) is 4.98 Å². The second kappa shape index (κ2) is 4.66. The zero-order chi connectivity index (χ0) is 15.1. The summed E-state index contributed by atoms with van der Waals surface area (Å²) in [4.78, 5) is 15.3. The van der Waals surface area contributed by atoms with E-state index in [1.54, 1.807) is 18.2 Å². The number of fused-ring (bicyclic) bond motifs is 1. The summed E-state index contributed by atoms with van der Waals surface area (Å²) in [5.41, 5.74) is 1.40. The lowest BCUT2D eigenvalue weighted by molar-refractivity contribution is 0.0697. The first-order chi connectivity index (χ1) is 9.95. The molecule has 0 saturated carbocycles. The Morgan fingerprint density at radius 1 is 1.19 bits per heavy atom. The van der Waals surface area contributed by atoms with Gasteiger partial charge in [0.2, 0.25) is 5.89 Å². The van der Waals surface area contributed by atoms with Crippen molar-refractivity contribution in [2.75, 3.05) is 0 Å². The molecule has 0 spiro atoms. The van der Waals surface area contributed by atoms with Gasteiger partial charge >= 0.3 is 5.97 Å². The van der Waals surface area contributed by atoms with Crippen LogP contribution in [0.5, 0.6) is 0 Å². The fraction of sp³-hybridized carbons (Fsp3) is 0.0667. The van der Waals surface area contributed by atoms with Crippen LogP contribution in [0.15, 0.2) is 34.7 Å². The molecule has 0 bridgehead atoms. The second-order valence-corrected chi connectivity index (χ2v) is 4.61. The molecule has 0 unspecified atom stereocenters. The molecule has 1 N–H and O–H groups in total. The van der Waals surface area contributed by atoms with Crippen molar-refractivity contribution in [2.24, 2.45) is 0 Å². The first-order valence-corrected chi connectivity index (χ1v) is 6.05. The van der Waals surface area contributed by atoms with E-state index in [0.29, 0.717) is 17.2 Å². The van der Waals surface area contributed by atoms with E-state index in [0.717, 1.165) is 11.6 Å². The largest absolute Gasteiger partial charge is 0.478 e. The molecule has 3 rings (SSSR count). The van der Waals surface area contributed by atoms with Gasteiger partial charge in [-0.2, -0.15) is 0 Å². The highest BCUT2D eigenvalue weighted by molar-refractivity contribution is 5.95. The number of carboxylic acids is 1. The molecule has 4 nitrogen and oxygen atoms in total. The fourth-order valence-electron chi connectivity index (χ4n) is 2.05. The van der Waals surface area contributed by atoms with Crippen LogP contribution in [0.3, 0.4) is 0 Å². The summed E-state index contributed by atoms with van der Waals surface area (Å²) in [6, 6.07) is 6.63. The van der Waals surface area contributed by atoms with Crippen LogP contribution >= 0.6 is 0 Å². The number of aryl methyl sites for hydroxylation is 1. The van der Waals surface area contributed by atoms with Crippen molar-refractivity contribution < 1.29 is 23.1 Å². The Labute approximate surface area is 117 Å². The van der Waals surface area contributed by atoms with Crippen LogP contribution in [0, 0.1) is 18.6 Å². The van der Waals surface area contributed by atoms with Crippen molar-refractivity contribution in [1.82, 2.24) is 4.98 Å². The van der Waals surface area contributed by atoms with Gasteiger partial charge in [0.15, 0.2) is 17.2 Å². The van der Waals surface area contributed by atoms with E-state index in [-0.39, 0.29) is 11.5 Å². The molecule has 0 atom stereocenters. The van der Waals surface area contributed by atoms with E-state index < -0.39 is 23.2 Å². The van der Waals surface area contributed by atoms with Gasteiger partial charge in [0.1, 0.15) is 5.52 Å². The standard InChI is InChI=1S/C15H9F2NO3/c1-7-2-3-13-12(4-7)18-14(21-13)8-5-10(16)11(17)6-9(8)15(19)20/h2-6H,1H3,(H,19,20). The van der Waals surface area contributed by atoms with Gasteiger partial charge in [-0.05, 0) is 36.8 Å². The maximum atomic E-state index is 13.4. The minimum absolute atomic E-state index is 0.0631. The summed E-state index contributed by atoms with van der Waals surface area (Å²) in [5, 5.41) is 9.10. The van der Waals surface area contributed by atoms with Crippen molar-refractivity contribution >= 4 is 17.1 Å². The molecule has 0 saturated heterocycles. The Kier molecular flexibility index (Phi) is 2.94. The van der Waals surface area contributed by atoms with Gasteiger partial charge in [0, 0.05) is 0 Å². The Morgan fingerprint density at radius 2 is 1.90 bits per heavy atom. The average Bonchev–Trinajstić information content (AvgIpc) is 2.83. The first kappa shape index (κ1) is 13.2. The minimum atomic E-state index is -1.39. The molecule has 0 aliphatic carbocycles. The van der Waals surface area contributed by atoms with E-state index in [1.807, 2.05) is 6.92 Å². The highest BCUT2D eigenvalue weighted by atomic mass is 19.2. The van der Waals surface area contributed by atoms with Crippen molar-refractivity contribution in [3.8, 4) is 11.5 Å². The molecule has 0 aliphatic rings. The summed E-state index contributed by atoms with van der Waals surface area (Å²) >= 11 is 0. The van der Waals surface area contributed by atoms with Gasteiger partial charge in [-0.3, -0.25) is 0 Å². The number of aromatic carboxylic acids is 1. The third kappa shape index (κ3) is 2.24. The molecule has 0 fully saturated rings. The van der Waals surface area contributed by atoms with E-state index >= 15 is 0 Å². The average molecular weight is 289 g/mol. The highest BCUT2D eigenvalue weighted by Gasteiger charge is 2.20. The summed E-state index contributed by atoms with van der Waals surface area (Å²) < 4.78 is 32.0. The van der Waals surface area contributed by atoms with Gasteiger partial charge in [-0.15, -0.1) is 0 Å². The number of nitrogens with zero attached hydrogens (tertiary/aromatic N) is 1. The lowest BCUT2D eigenvalue weighted by Gasteiger charge is -2.03. The van der Waals surface area contributed by atoms with E-state index in [4.69, 9.17) is 9.52 Å². The van der Waals surface area contributed by atoms with E-state index in [9.17, 15) is 13.6 Å². The van der Waals surface area contributed by atoms with Crippen LogP contribution in [-0.2, 0) is 0 Å². The van der Waals surface area contributed by atoms with Crippen LogP contribution in [0.4, 0.5) is 8.78 Å². The Bertz CT molecular complexity index is 871. The Balaban J connectivity index is 2.26. The lowest BCUT2D eigenvalue weighted by atomic mass is 10.1. The van der Waals surface area contributed by atoms with Gasteiger partial charge in [0.25, 0.3) is 0 Å². The maximum Gasteiger partial charge on any atom is 0.336 e. The Hall–Kier alpha value is -2.76. The highest BCUT2D eigenvalue weighted by Crippen LogP contribution is 2.29. The van der Waals surface area contributed by atoms with Crippen LogP contribution in [0.25, 0.3) is 22.6 Å². The van der Waals surface area contributed by atoms with Crippen LogP contribution < -0.4 is 0 Å². The molecule has 0 aliphatic heterocycles. The predicted molar refractivity (Wildman–Crippen MR) is 71.1 cm³/mol. The van der Waals surface area contributed by atoms with Gasteiger partial charge in [-0.1, -0.05) is 6.07 Å².